The molecule has 0 radical (unpaired) electrons. The van der Waals surface area contributed by atoms with Crippen molar-refractivity contribution in [1.82, 2.24) is 9.97 Å². The van der Waals surface area contributed by atoms with Crippen LogP contribution >= 0.6 is 0 Å². The molecule has 1 atom stereocenters. The number of aromatic nitrogens is 2. The molecule has 0 aliphatic rings. The summed E-state index contributed by atoms with van der Waals surface area (Å²) in [7, 11) is 0. The molecule has 0 spiro atoms. The van der Waals surface area contributed by atoms with Crippen LogP contribution in [0.5, 0.6) is 0 Å². The number of carbonyl (C=O) groups is 1. The molecule has 0 saturated heterocycles. The van der Waals surface area contributed by atoms with Gasteiger partial charge in [-0.15, -0.1) is 0 Å². The summed E-state index contributed by atoms with van der Waals surface area (Å²) in [6.07, 6.45) is 4.53. The van der Waals surface area contributed by atoms with Gasteiger partial charge in [-0.2, -0.15) is 0 Å². The Morgan fingerprint density at radius 3 is 3.20 bits per heavy atom. The van der Waals surface area contributed by atoms with Crippen LogP contribution in [0.25, 0.3) is 0 Å². The van der Waals surface area contributed by atoms with Crippen LogP contribution in [-0.2, 0) is 11.2 Å². The van der Waals surface area contributed by atoms with Gasteiger partial charge in [0.05, 0.1) is 6.04 Å². The average molecular weight is 139 g/mol. The molecule has 4 nitrogen and oxygen atoms in total. The van der Waals surface area contributed by atoms with Gasteiger partial charge in [-0.25, -0.2) is 4.98 Å². The zero-order valence-corrected chi connectivity index (χ0v) is 5.45. The highest BCUT2D eigenvalue weighted by Crippen LogP contribution is 1.90. The number of hydrogen-bond donors (Lipinski definition) is 2. The third kappa shape index (κ3) is 1.66. The van der Waals surface area contributed by atoms with Crippen molar-refractivity contribution in [3.63, 3.8) is 0 Å². The minimum Gasteiger partial charge on any atom is -0.349 e. The van der Waals surface area contributed by atoms with Crippen molar-refractivity contribution in [3.8, 4) is 0 Å². The smallest absolute Gasteiger partial charge is 0.137 e. The van der Waals surface area contributed by atoms with Crippen LogP contribution in [-0.4, -0.2) is 22.3 Å². The monoisotopic (exact) mass is 139 g/mol. The van der Waals surface area contributed by atoms with Gasteiger partial charge in [0.25, 0.3) is 0 Å². The van der Waals surface area contributed by atoms with E-state index >= 15 is 0 Å². The predicted molar refractivity (Wildman–Crippen MR) is 36.3 cm³/mol. The summed E-state index contributed by atoms with van der Waals surface area (Å²) in [4.78, 5) is 16.8. The Kier molecular flexibility index (Phi) is 2.17. The van der Waals surface area contributed by atoms with Crippen molar-refractivity contribution in [2.45, 2.75) is 12.5 Å². The van der Waals surface area contributed by atoms with Crippen LogP contribution in [0, 0.1) is 0 Å². The Labute approximate surface area is 58.5 Å². The van der Waals surface area contributed by atoms with Gasteiger partial charge in [-0.3, -0.25) is 0 Å². The van der Waals surface area contributed by atoms with E-state index in [4.69, 9.17) is 5.73 Å². The zero-order chi connectivity index (χ0) is 7.40. The molecule has 10 heavy (non-hydrogen) atoms. The molecular weight excluding hydrogens is 130 g/mol. The number of aromatic amines is 1. The van der Waals surface area contributed by atoms with Crippen molar-refractivity contribution in [3.05, 3.63) is 18.2 Å². The molecule has 0 aromatic carbocycles. The Balaban J connectivity index is 2.47. The second-order valence-corrected chi connectivity index (χ2v) is 2.04. The summed E-state index contributed by atoms with van der Waals surface area (Å²) >= 11 is 0. The third-order valence-electron chi connectivity index (χ3n) is 1.16. The maximum atomic E-state index is 10.1. The van der Waals surface area contributed by atoms with E-state index in [9.17, 15) is 4.79 Å². The van der Waals surface area contributed by atoms with E-state index in [2.05, 4.69) is 9.97 Å². The van der Waals surface area contributed by atoms with Gasteiger partial charge in [-0.1, -0.05) is 0 Å². The first-order valence-corrected chi connectivity index (χ1v) is 3.02. The van der Waals surface area contributed by atoms with Gasteiger partial charge < -0.3 is 15.5 Å². The van der Waals surface area contributed by atoms with E-state index in [0.717, 1.165) is 5.82 Å². The Hall–Kier alpha value is -1.16. The normalized spacial score (nSPS) is 12.9. The molecule has 1 heterocycles. The average Bonchev–Trinajstić information content (AvgIpc) is 2.40. The molecule has 0 aliphatic heterocycles. The van der Waals surface area contributed by atoms with Crippen LogP contribution in [0.2, 0.25) is 0 Å². The van der Waals surface area contributed by atoms with Crippen LogP contribution < -0.4 is 5.73 Å². The van der Waals surface area contributed by atoms with E-state index < -0.39 is 6.04 Å². The third-order valence-corrected chi connectivity index (χ3v) is 1.16. The first-order valence-electron chi connectivity index (χ1n) is 3.02. The highest BCUT2D eigenvalue weighted by molar-refractivity contribution is 5.57. The molecular formula is C6H9N3O. The molecule has 1 aromatic rings. The van der Waals surface area contributed by atoms with Gasteiger partial charge in [0.15, 0.2) is 0 Å². The zero-order valence-electron chi connectivity index (χ0n) is 5.45. The Morgan fingerprint density at radius 2 is 2.70 bits per heavy atom. The fourth-order valence-corrected chi connectivity index (χ4v) is 0.681. The Bertz CT molecular complexity index is 195. The highest BCUT2D eigenvalue weighted by atomic mass is 16.1. The lowest BCUT2D eigenvalue weighted by molar-refractivity contribution is -0.108. The van der Waals surface area contributed by atoms with E-state index in [1.165, 1.54) is 0 Å². The van der Waals surface area contributed by atoms with E-state index in [-0.39, 0.29) is 0 Å². The fourth-order valence-electron chi connectivity index (χ4n) is 0.681. The minimum absolute atomic E-state index is 0.439. The van der Waals surface area contributed by atoms with Crippen LogP contribution in [0.4, 0.5) is 0 Å². The van der Waals surface area contributed by atoms with E-state index in [1.54, 1.807) is 12.4 Å². The lowest BCUT2D eigenvalue weighted by atomic mass is 10.2. The molecule has 1 aromatic heterocycles. The highest BCUT2D eigenvalue weighted by Gasteiger charge is 2.01. The largest absolute Gasteiger partial charge is 0.349 e. The molecule has 4 heteroatoms. The molecule has 0 saturated carbocycles. The number of rotatable bonds is 3. The van der Waals surface area contributed by atoms with Crippen LogP contribution in [0.15, 0.2) is 12.4 Å². The van der Waals surface area contributed by atoms with Gasteiger partial charge in [-0.05, 0) is 0 Å². The molecule has 0 amide bonds. The predicted octanol–water partition coefficient (Wildman–Crippen LogP) is -0.522. The van der Waals surface area contributed by atoms with Gasteiger partial charge in [0.1, 0.15) is 12.1 Å². The molecule has 0 fully saturated rings. The number of imidazole rings is 1. The lowest BCUT2D eigenvalue weighted by Gasteiger charge is -1.97. The molecule has 1 unspecified atom stereocenters. The SMILES string of the molecule is NC(C=O)Cc1ncc[nH]1. The minimum atomic E-state index is -0.439. The number of H-pyrrole nitrogens is 1. The number of nitrogens with two attached hydrogens (primary N) is 1. The topological polar surface area (TPSA) is 71.8 Å². The fraction of sp³-hybridized carbons (Fsp3) is 0.333. The number of hydrogen-bond acceptors (Lipinski definition) is 3. The summed E-state index contributed by atoms with van der Waals surface area (Å²) in [6.45, 7) is 0. The number of aldehydes is 1. The molecule has 1 rings (SSSR count). The number of nitrogens with zero attached hydrogens (tertiary/aromatic N) is 1. The maximum absolute atomic E-state index is 10.1. The Morgan fingerprint density at radius 1 is 1.90 bits per heavy atom. The molecule has 3 N–H and O–H groups in total. The summed E-state index contributed by atoms with van der Waals surface area (Å²) in [5.74, 6) is 0.750. The standard InChI is InChI=1S/C6H9N3O/c7-5(4-10)3-6-8-1-2-9-6/h1-2,4-5H,3,7H2,(H,8,9). The summed E-state index contributed by atoms with van der Waals surface area (Å²) in [6, 6.07) is -0.439. The quantitative estimate of drug-likeness (QED) is 0.553. The van der Waals surface area contributed by atoms with Crippen molar-refractivity contribution < 1.29 is 4.79 Å². The van der Waals surface area contributed by atoms with Gasteiger partial charge in [0.2, 0.25) is 0 Å². The summed E-state index contributed by atoms with van der Waals surface area (Å²) in [5.41, 5.74) is 5.34. The lowest BCUT2D eigenvalue weighted by Crippen LogP contribution is -2.24. The summed E-state index contributed by atoms with van der Waals surface area (Å²) < 4.78 is 0. The second kappa shape index (κ2) is 3.12. The number of nitrogens with one attached hydrogen (secondary N) is 1. The summed E-state index contributed by atoms with van der Waals surface area (Å²) in [5, 5.41) is 0. The van der Waals surface area contributed by atoms with E-state index in [0.29, 0.717) is 12.7 Å². The first-order chi connectivity index (χ1) is 4.83. The van der Waals surface area contributed by atoms with Crippen molar-refractivity contribution in [2.24, 2.45) is 5.73 Å². The van der Waals surface area contributed by atoms with Gasteiger partial charge in [0, 0.05) is 18.8 Å². The molecule has 0 aliphatic carbocycles. The maximum Gasteiger partial charge on any atom is 0.137 e. The molecule has 0 bridgehead atoms. The first kappa shape index (κ1) is 6.95. The van der Waals surface area contributed by atoms with Gasteiger partial charge >= 0.3 is 0 Å². The van der Waals surface area contributed by atoms with Crippen LogP contribution in [0.3, 0.4) is 0 Å². The van der Waals surface area contributed by atoms with Crippen LogP contribution in [0.1, 0.15) is 5.82 Å². The number of carbonyl (C=O) groups excluding carboxylic acids is 1. The molecule has 54 valence electrons. The van der Waals surface area contributed by atoms with E-state index in [1.807, 2.05) is 0 Å². The second-order valence-electron chi connectivity index (χ2n) is 2.04. The van der Waals surface area contributed by atoms with Crippen molar-refractivity contribution in [2.75, 3.05) is 0 Å². The van der Waals surface area contributed by atoms with Crippen molar-refractivity contribution in [1.29, 1.82) is 0 Å². The van der Waals surface area contributed by atoms with Crippen molar-refractivity contribution >= 4 is 6.29 Å².